The number of benzene rings is 5. The van der Waals surface area contributed by atoms with Crippen LogP contribution in [0.25, 0.3) is 49.6 Å². The minimum Gasteiger partial charge on any atom is -0.454 e. The van der Waals surface area contributed by atoms with Gasteiger partial charge in [-0.1, -0.05) is 78.0 Å². The molecule has 9 rings (SSSR count). The molecule has 4 heterocycles. The molecule has 260 valence electrons. The van der Waals surface area contributed by atoms with Crippen molar-refractivity contribution in [3.8, 4) is 11.4 Å². The summed E-state index contributed by atoms with van der Waals surface area (Å²) in [6.45, 7) is 0. The van der Waals surface area contributed by atoms with Gasteiger partial charge in [-0.05, 0) is 64.5 Å². The van der Waals surface area contributed by atoms with Crippen LogP contribution in [0.4, 0.5) is 0 Å². The largest absolute Gasteiger partial charge is 0.454 e. The van der Waals surface area contributed by atoms with Gasteiger partial charge in [0.05, 0.1) is 10.7 Å². The molecule has 0 aliphatic rings. The van der Waals surface area contributed by atoms with Gasteiger partial charge in [-0.15, -0.1) is 0 Å². The van der Waals surface area contributed by atoms with E-state index in [9.17, 15) is 0 Å². The van der Waals surface area contributed by atoms with E-state index >= 15 is 0 Å². The number of aromatic amines is 1. The van der Waals surface area contributed by atoms with Crippen molar-refractivity contribution in [3.05, 3.63) is 156 Å². The minimum atomic E-state index is 0. The van der Waals surface area contributed by atoms with Crippen molar-refractivity contribution in [1.29, 1.82) is 0 Å². The summed E-state index contributed by atoms with van der Waals surface area (Å²) in [5.74, 6) is 0.111. The van der Waals surface area contributed by atoms with Gasteiger partial charge in [-0.25, -0.2) is 4.68 Å². The first kappa shape index (κ1) is 37.5. The number of nitrogens with zero attached hydrogens (tertiary/aromatic N) is 4. The van der Waals surface area contributed by atoms with E-state index < -0.39 is 0 Å². The molecule has 3 N–H and O–H groups in total. The van der Waals surface area contributed by atoms with Gasteiger partial charge < -0.3 is 19.1 Å². The molecular weight excluding hydrogens is 801 g/mol. The molecule has 0 bridgehead atoms. The van der Waals surface area contributed by atoms with Gasteiger partial charge in [0.2, 0.25) is 0 Å². The number of hydrogen-bond acceptors (Lipinski definition) is 8. The standard InChI is InChI=1S/C15H10N2O.C12H7BrO.C7H7NO2.C3H4N2.2Cu.O/c1-2-8-14-11(5-1)12-6-3-7-13(15(12)18-14)17-10-4-9-16-17;13-10-6-3-5-9-8-4-1-2-7-11(8)14-12(9)10;9-7-4-2-1-3-6(7)5-8-10;1-2-4-5-3-1;;;/h1-10H;1-7H;1-5,9-10H;1-3H,(H,4,5);;;/b;;8-5-;;;;. The van der Waals surface area contributed by atoms with E-state index in [1.54, 1.807) is 36.8 Å². The third-order valence-corrected chi connectivity index (χ3v) is 7.65. The van der Waals surface area contributed by atoms with Crippen LogP contribution in [0.1, 0.15) is 5.56 Å². The molecule has 0 saturated carbocycles. The Morgan fingerprint density at radius 2 is 1.32 bits per heavy atom. The van der Waals surface area contributed by atoms with E-state index in [1.165, 1.54) is 17.7 Å². The van der Waals surface area contributed by atoms with Crippen molar-refractivity contribution in [2.75, 3.05) is 0 Å². The number of phenols is 1. The van der Waals surface area contributed by atoms with Crippen molar-refractivity contribution in [3.63, 3.8) is 0 Å². The van der Waals surface area contributed by atoms with Crippen molar-refractivity contribution < 1.29 is 56.0 Å². The van der Waals surface area contributed by atoms with Gasteiger partial charge in [0.25, 0.3) is 0 Å². The van der Waals surface area contributed by atoms with E-state index in [4.69, 9.17) is 23.0 Å². The fourth-order valence-electron chi connectivity index (χ4n) is 4.91. The Kier molecular flexibility index (Phi) is 14.3. The molecule has 0 aliphatic carbocycles. The number of oxime groups is 1. The number of nitrogens with one attached hydrogen (secondary N) is 1. The molecule has 13 heteroatoms. The van der Waals surface area contributed by atoms with E-state index in [0.29, 0.717) is 5.56 Å². The summed E-state index contributed by atoms with van der Waals surface area (Å²) in [6, 6.07) is 38.7. The number of halogens is 1. The first-order valence-electron chi connectivity index (χ1n) is 14.6. The normalized spacial score (nSPS) is 10.2. The van der Waals surface area contributed by atoms with Gasteiger partial charge in [-0.2, -0.15) is 10.2 Å². The maximum Gasteiger partial charge on any atom is 0.161 e. The molecule has 0 amide bonds. The Morgan fingerprint density at radius 3 is 1.90 bits per heavy atom. The second-order valence-electron chi connectivity index (χ2n) is 9.99. The Bertz CT molecular complexity index is 2380. The third-order valence-electron chi connectivity index (χ3n) is 7.03. The maximum absolute atomic E-state index is 9.04. The molecule has 5 aromatic carbocycles. The van der Waals surface area contributed by atoms with Gasteiger partial charge in [0.15, 0.2) is 5.58 Å². The van der Waals surface area contributed by atoms with E-state index in [1.807, 2.05) is 83.7 Å². The fourth-order valence-corrected chi connectivity index (χ4v) is 5.36. The molecule has 0 saturated heterocycles. The number of aromatic nitrogens is 4. The second-order valence-corrected chi connectivity index (χ2v) is 10.8. The van der Waals surface area contributed by atoms with Gasteiger partial charge in [0.1, 0.15) is 28.2 Å². The zero-order chi connectivity index (χ0) is 34.4. The summed E-state index contributed by atoms with van der Waals surface area (Å²) >= 11 is 6.42. The molecule has 50 heavy (non-hydrogen) atoms. The Morgan fingerprint density at radius 1 is 0.720 bits per heavy atom. The fraction of sp³-hybridized carbons (Fsp3) is 0. The number of phenolic OH excluding ortho intramolecular Hbond substituents is 1. The smallest absolute Gasteiger partial charge is 0.161 e. The third kappa shape index (κ3) is 9.03. The van der Waals surface area contributed by atoms with E-state index in [0.717, 1.165) is 48.7 Å². The van der Waals surface area contributed by atoms with Crippen LogP contribution in [0.2, 0.25) is 0 Å². The number of para-hydroxylation sites is 5. The summed E-state index contributed by atoms with van der Waals surface area (Å²) in [5.41, 5.74) is 5.12. The van der Waals surface area contributed by atoms with Crippen LogP contribution in [0.15, 0.2) is 165 Å². The van der Waals surface area contributed by atoms with Crippen LogP contribution in [0, 0.1) is 0 Å². The van der Waals surface area contributed by atoms with Crippen molar-refractivity contribution in [1.82, 2.24) is 20.0 Å². The topological polar surface area (TPSA) is 143 Å². The van der Waals surface area contributed by atoms with Crippen LogP contribution < -0.4 is 0 Å². The molecule has 0 fully saturated rings. The first-order chi connectivity index (χ1) is 24.1. The second kappa shape index (κ2) is 19.0. The average Bonchev–Trinajstić information content (AvgIpc) is 3.99. The van der Waals surface area contributed by atoms with Crippen LogP contribution in [0.5, 0.6) is 5.75 Å². The number of hydrogen-bond donors (Lipinski definition) is 3. The van der Waals surface area contributed by atoms with Crippen LogP contribution in [0.3, 0.4) is 0 Å². The van der Waals surface area contributed by atoms with Gasteiger partial charge >= 0.3 is 19.8 Å². The molecule has 0 aliphatic heterocycles. The predicted octanol–water partition coefficient (Wildman–Crippen LogP) is 9.61. The Hall–Kier alpha value is -5.29. The SMILES string of the molecule is Brc1cccc2c1oc1ccccc12.O/N=C\c1ccccc1O.[Cu].[O]=[Cu].c1ccc2c(c1)oc1c(-n3cccn3)cccc12.c1cn[nH]c1. The van der Waals surface area contributed by atoms with Crippen LogP contribution in [-0.2, 0) is 36.8 Å². The van der Waals surface area contributed by atoms with Crippen molar-refractivity contribution in [2.45, 2.75) is 0 Å². The van der Waals surface area contributed by atoms with Crippen molar-refractivity contribution in [2.24, 2.45) is 5.16 Å². The van der Waals surface area contributed by atoms with E-state index in [-0.39, 0.29) is 22.8 Å². The molecule has 9 aromatic rings. The molecule has 0 spiro atoms. The van der Waals surface area contributed by atoms with Crippen LogP contribution >= 0.6 is 15.9 Å². The van der Waals surface area contributed by atoms with Crippen LogP contribution in [-0.4, -0.2) is 36.5 Å². The number of aromatic hydroxyl groups is 1. The number of H-pyrrole nitrogens is 1. The van der Waals surface area contributed by atoms with E-state index in [2.05, 4.69) is 76.6 Å². The summed E-state index contributed by atoms with van der Waals surface area (Å²) in [6.07, 6.45) is 8.32. The first-order valence-corrected chi connectivity index (χ1v) is 15.8. The molecule has 10 nitrogen and oxygen atoms in total. The molecule has 0 atom stereocenters. The average molecular weight is 830 g/mol. The van der Waals surface area contributed by atoms with Crippen molar-refractivity contribution >= 4 is 66.0 Å². The molecule has 0 unspecified atom stereocenters. The van der Waals surface area contributed by atoms with Gasteiger partial charge in [0, 0.05) is 69.0 Å². The minimum absolute atomic E-state index is 0. The quantitative estimate of drug-likeness (QED) is 0.0682. The number of fused-ring (bicyclic) bond motifs is 6. The summed E-state index contributed by atoms with van der Waals surface area (Å²) in [7, 11) is 0. The van der Waals surface area contributed by atoms with Gasteiger partial charge in [-0.3, -0.25) is 5.10 Å². The number of rotatable bonds is 2. The summed E-state index contributed by atoms with van der Waals surface area (Å²) in [5, 5.41) is 35.0. The molecule has 4 aromatic heterocycles. The predicted molar refractivity (Wildman–Crippen MR) is 189 cm³/mol. The summed E-state index contributed by atoms with van der Waals surface area (Å²) < 4.78 is 22.3. The zero-order valence-corrected chi connectivity index (χ0v) is 29.3. The monoisotopic (exact) mass is 827 g/mol. The Labute approximate surface area is 313 Å². The Balaban J connectivity index is 0.000000157. The molecular formula is C37H28BrCu2N5O5. The zero-order valence-electron chi connectivity index (χ0n) is 25.8. The summed E-state index contributed by atoms with van der Waals surface area (Å²) in [4.78, 5) is 0. The number of furan rings is 2. The molecule has 1 radical (unpaired) electrons. The maximum atomic E-state index is 9.04.